The number of allylic oxidation sites excluding steroid dienone is 2. The first-order chi connectivity index (χ1) is 6.24. The molecule has 0 atom stereocenters. The van der Waals surface area contributed by atoms with Gasteiger partial charge in [0.2, 0.25) is 5.97 Å². The van der Waals surface area contributed by atoms with Gasteiger partial charge in [0.1, 0.15) is 0 Å². The highest BCUT2D eigenvalue weighted by Crippen LogP contribution is 2.18. The first-order valence-electron chi connectivity index (χ1n) is 3.82. The highest BCUT2D eigenvalue weighted by atomic mass is 32.2. The van der Waals surface area contributed by atoms with Gasteiger partial charge in [0.15, 0.2) is 0 Å². The van der Waals surface area contributed by atoms with Gasteiger partial charge in [-0.3, -0.25) is 0 Å². The molecule has 0 saturated carbocycles. The van der Waals surface area contributed by atoms with Crippen LogP contribution in [-0.4, -0.2) is 11.8 Å². The standard InChI is InChI=1S/C9H11FN2S/c1-3-11-9(10)4-7(2)8-5-13-6-12-8/h3-5,12H,1,6H2,2H3/b7-4+,11-9?. The number of nitrogens with zero attached hydrogens (tertiary/aromatic N) is 1. The topological polar surface area (TPSA) is 24.4 Å². The summed E-state index contributed by atoms with van der Waals surface area (Å²) < 4.78 is 12.8. The molecule has 0 unspecified atom stereocenters. The fraction of sp³-hybridized carbons (Fsp3) is 0.222. The minimum atomic E-state index is -0.521. The molecule has 0 fully saturated rings. The third kappa shape index (κ3) is 3.06. The summed E-state index contributed by atoms with van der Waals surface area (Å²) in [5.41, 5.74) is 1.80. The van der Waals surface area contributed by atoms with Crippen molar-refractivity contribution in [3.63, 3.8) is 0 Å². The Morgan fingerprint density at radius 1 is 1.85 bits per heavy atom. The Labute approximate surface area is 81.3 Å². The van der Waals surface area contributed by atoms with Gasteiger partial charge in [-0.15, -0.1) is 11.8 Å². The van der Waals surface area contributed by atoms with Crippen molar-refractivity contribution in [3.05, 3.63) is 35.5 Å². The second-order valence-corrected chi connectivity index (χ2v) is 3.34. The zero-order valence-corrected chi connectivity index (χ0v) is 8.20. The van der Waals surface area contributed by atoms with Crippen molar-refractivity contribution in [2.45, 2.75) is 6.92 Å². The molecular weight excluding hydrogens is 187 g/mol. The third-order valence-electron chi connectivity index (χ3n) is 1.52. The Kier molecular flexibility index (Phi) is 3.76. The maximum absolute atomic E-state index is 12.8. The average molecular weight is 198 g/mol. The maximum atomic E-state index is 12.8. The zero-order valence-electron chi connectivity index (χ0n) is 7.38. The van der Waals surface area contributed by atoms with E-state index in [1.165, 1.54) is 12.3 Å². The zero-order chi connectivity index (χ0) is 9.68. The number of hydrogen-bond acceptors (Lipinski definition) is 3. The van der Waals surface area contributed by atoms with Gasteiger partial charge in [0.05, 0.1) is 5.88 Å². The lowest BCUT2D eigenvalue weighted by molar-refractivity contribution is 0.811. The summed E-state index contributed by atoms with van der Waals surface area (Å²) in [4.78, 5) is 3.41. The van der Waals surface area contributed by atoms with Crippen molar-refractivity contribution in [2.75, 3.05) is 5.88 Å². The first-order valence-corrected chi connectivity index (χ1v) is 4.87. The lowest BCUT2D eigenvalue weighted by Crippen LogP contribution is -2.07. The molecule has 0 saturated heterocycles. The molecule has 13 heavy (non-hydrogen) atoms. The van der Waals surface area contributed by atoms with Gasteiger partial charge in [-0.2, -0.15) is 4.39 Å². The van der Waals surface area contributed by atoms with E-state index in [9.17, 15) is 4.39 Å². The van der Waals surface area contributed by atoms with Crippen LogP contribution in [0.25, 0.3) is 0 Å². The van der Waals surface area contributed by atoms with E-state index in [4.69, 9.17) is 0 Å². The van der Waals surface area contributed by atoms with E-state index in [1.54, 1.807) is 11.8 Å². The van der Waals surface area contributed by atoms with Crippen molar-refractivity contribution in [1.82, 2.24) is 5.32 Å². The highest BCUT2D eigenvalue weighted by Gasteiger charge is 2.05. The molecule has 2 nitrogen and oxygen atoms in total. The summed E-state index contributed by atoms with van der Waals surface area (Å²) in [6.07, 6.45) is 2.57. The van der Waals surface area contributed by atoms with Crippen molar-refractivity contribution in [3.8, 4) is 0 Å². The second kappa shape index (κ2) is 4.87. The van der Waals surface area contributed by atoms with E-state index in [0.717, 1.165) is 17.1 Å². The van der Waals surface area contributed by atoms with Crippen LogP contribution in [0.15, 0.2) is 40.5 Å². The Morgan fingerprint density at radius 2 is 2.62 bits per heavy atom. The van der Waals surface area contributed by atoms with Crippen LogP contribution in [0.4, 0.5) is 4.39 Å². The van der Waals surface area contributed by atoms with Gasteiger partial charge in [0.25, 0.3) is 0 Å². The predicted octanol–water partition coefficient (Wildman–Crippen LogP) is 2.58. The monoisotopic (exact) mass is 198 g/mol. The van der Waals surface area contributed by atoms with E-state index in [0.29, 0.717) is 0 Å². The molecular formula is C9H11FN2S. The molecule has 0 aromatic heterocycles. The molecule has 1 aliphatic heterocycles. The van der Waals surface area contributed by atoms with Crippen LogP contribution < -0.4 is 5.32 Å². The molecule has 0 radical (unpaired) electrons. The Balaban J connectivity index is 2.70. The molecule has 1 aliphatic rings. The number of rotatable bonds is 3. The lowest BCUT2D eigenvalue weighted by Gasteiger charge is -2.01. The first kappa shape index (κ1) is 10.1. The third-order valence-corrected chi connectivity index (χ3v) is 2.24. The Bertz CT molecular complexity index is 292. The fourth-order valence-electron chi connectivity index (χ4n) is 0.899. The number of aliphatic imine (C=N–C) groups is 1. The van der Waals surface area contributed by atoms with Crippen molar-refractivity contribution in [1.29, 1.82) is 0 Å². The van der Waals surface area contributed by atoms with Crippen LogP contribution in [0.3, 0.4) is 0 Å². The van der Waals surface area contributed by atoms with Crippen LogP contribution in [-0.2, 0) is 0 Å². The van der Waals surface area contributed by atoms with Crippen LogP contribution in [0.2, 0.25) is 0 Å². The van der Waals surface area contributed by atoms with Gasteiger partial charge in [0, 0.05) is 11.9 Å². The smallest absolute Gasteiger partial charge is 0.213 e. The molecule has 0 spiro atoms. The molecule has 70 valence electrons. The summed E-state index contributed by atoms with van der Waals surface area (Å²) in [7, 11) is 0. The summed E-state index contributed by atoms with van der Waals surface area (Å²) in [5.74, 6) is 0.327. The summed E-state index contributed by atoms with van der Waals surface area (Å²) >= 11 is 1.65. The van der Waals surface area contributed by atoms with E-state index < -0.39 is 5.97 Å². The average Bonchev–Trinajstić information content (AvgIpc) is 2.55. The van der Waals surface area contributed by atoms with Crippen LogP contribution in [0.5, 0.6) is 0 Å². The van der Waals surface area contributed by atoms with Crippen molar-refractivity contribution in [2.24, 2.45) is 4.99 Å². The Hall–Kier alpha value is -1.03. The van der Waals surface area contributed by atoms with Gasteiger partial charge < -0.3 is 5.32 Å². The number of halogens is 1. The van der Waals surface area contributed by atoms with Gasteiger partial charge in [-0.1, -0.05) is 6.58 Å². The predicted molar refractivity (Wildman–Crippen MR) is 56.2 cm³/mol. The molecule has 0 bridgehead atoms. The lowest BCUT2D eigenvalue weighted by atomic mass is 10.2. The molecule has 0 amide bonds. The van der Waals surface area contributed by atoms with Crippen LogP contribution in [0, 0.1) is 0 Å². The van der Waals surface area contributed by atoms with Gasteiger partial charge >= 0.3 is 0 Å². The van der Waals surface area contributed by atoms with Crippen LogP contribution in [0.1, 0.15) is 6.92 Å². The summed E-state index contributed by atoms with van der Waals surface area (Å²) in [6.45, 7) is 5.15. The highest BCUT2D eigenvalue weighted by molar-refractivity contribution is 8.02. The van der Waals surface area contributed by atoms with E-state index >= 15 is 0 Å². The molecule has 0 aliphatic carbocycles. The Morgan fingerprint density at radius 3 is 3.15 bits per heavy atom. The van der Waals surface area contributed by atoms with E-state index in [2.05, 4.69) is 16.9 Å². The minimum Gasteiger partial charge on any atom is -0.375 e. The molecule has 0 aromatic carbocycles. The SMILES string of the molecule is C=CN=C(F)/C=C(\C)C1=CSCN1. The van der Waals surface area contributed by atoms with E-state index in [-0.39, 0.29) is 0 Å². The molecule has 4 heteroatoms. The number of thioether (sulfide) groups is 1. The maximum Gasteiger partial charge on any atom is 0.213 e. The number of nitrogens with one attached hydrogen (secondary N) is 1. The normalized spacial score (nSPS) is 18.2. The fourth-order valence-corrected chi connectivity index (χ4v) is 1.66. The van der Waals surface area contributed by atoms with Gasteiger partial charge in [-0.05, 0) is 24.0 Å². The summed E-state index contributed by atoms with van der Waals surface area (Å²) in [6, 6.07) is 0. The summed E-state index contributed by atoms with van der Waals surface area (Å²) in [5, 5.41) is 5.08. The van der Waals surface area contributed by atoms with Crippen molar-refractivity contribution >= 4 is 17.7 Å². The second-order valence-electron chi connectivity index (χ2n) is 2.48. The van der Waals surface area contributed by atoms with Crippen molar-refractivity contribution < 1.29 is 4.39 Å². The molecule has 0 aromatic rings. The van der Waals surface area contributed by atoms with E-state index in [1.807, 2.05) is 12.3 Å². The minimum absolute atomic E-state index is 0.521. The quantitative estimate of drug-likeness (QED) is 0.705. The van der Waals surface area contributed by atoms with Gasteiger partial charge in [-0.25, -0.2) is 4.99 Å². The largest absolute Gasteiger partial charge is 0.375 e. The molecule has 1 N–H and O–H groups in total. The molecule has 1 rings (SSSR count). The molecule has 1 heterocycles. The van der Waals surface area contributed by atoms with Crippen LogP contribution >= 0.6 is 11.8 Å². The number of hydrogen-bond donors (Lipinski definition) is 1.